The van der Waals surface area contributed by atoms with Crippen LogP contribution in [0.1, 0.15) is 31.7 Å². The molecule has 104 valence electrons. The zero-order valence-corrected chi connectivity index (χ0v) is 12.5. The van der Waals surface area contributed by atoms with E-state index in [1.807, 2.05) is 0 Å². The Bertz CT molecular complexity index is 498. The third kappa shape index (κ3) is 2.19. The molecule has 1 aromatic rings. The number of phenolic OH excluding ortho intramolecular Hbond substituents is 1. The lowest BCUT2D eigenvalue weighted by Crippen LogP contribution is -2.33. The highest BCUT2D eigenvalue weighted by Gasteiger charge is 2.38. The second-order valence-corrected chi connectivity index (χ2v) is 6.18. The van der Waals surface area contributed by atoms with Crippen molar-refractivity contribution in [2.24, 2.45) is 0 Å². The van der Waals surface area contributed by atoms with Crippen LogP contribution in [0, 0.1) is 0 Å². The Hall–Kier alpha value is -0.940. The molecule has 19 heavy (non-hydrogen) atoms. The van der Waals surface area contributed by atoms with E-state index in [0.29, 0.717) is 29.2 Å². The van der Waals surface area contributed by atoms with Crippen LogP contribution in [0.15, 0.2) is 10.5 Å². The monoisotopic (exact) mass is 327 g/mol. The Kier molecular flexibility index (Phi) is 3.35. The molecule has 4 nitrogen and oxygen atoms in total. The number of nitrogens with one attached hydrogen (secondary N) is 1. The molecule has 0 aliphatic carbocycles. The van der Waals surface area contributed by atoms with Gasteiger partial charge in [-0.3, -0.25) is 0 Å². The van der Waals surface area contributed by atoms with Crippen LogP contribution in [-0.2, 0) is 5.54 Å². The molecular weight excluding hydrogens is 310 g/mol. The number of phenols is 1. The average molecular weight is 328 g/mol. The van der Waals surface area contributed by atoms with Crippen molar-refractivity contribution in [1.29, 1.82) is 0 Å². The number of aromatic hydroxyl groups is 1. The first-order chi connectivity index (χ1) is 9.12. The van der Waals surface area contributed by atoms with Gasteiger partial charge in [0.25, 0.3) is 0 Å². The van der Waals surface area contributed by atoms with Crippen LogP contribution in [0.4, 0.5) is 0 Å². The summed E-state index contributed by atoms with van der Waals surface area (Å²) in [6.07, 6.45) is 2.93. The van der Waals surface area contributed by atoms with E-state index in [-0.39, 0.29) is 11.3 Å². The Labute approximate surface area is 121 Å². The molecule has 1 unspecified atom stereocenters. The minimum atomic E-state index is -0.258. The number of ether oxygens (including phenoxy) is 2. The van der Waals surface area contributed by atoms with Crippen molar-refractivity contribution in [3.8, 4) is 17.2 Å². The Morgan fingerprint density at radius 1 is 1.32 bits per heavy atom. The number of benzene rings is 1. The van der Waals surface area contributed by atoms with Gasteiger partial charge in [-0.15, -0.1) is 0 Å². The van der Waals surface area contributed by atoms with Gasteiger partial charge in [0, 0.05) is 18.0 Å². The lowest BCUT2D eigenvalue weighted by atomic mass is 9.88. The minimum Gasteiger partial charge on any atom is -0.506 e. The molecule has 2 aliphatic heterocycles. The summed E-state index contributed by atoms with van der Waals surface area (Å²) in [6, 6.07) is 1.79. The summed E-state index contributed by atoms with van der Waals surface area (Å²) in [6.45, 7) is 4.33. The van der Waals surface area contributed by atoms with Gasteiger partial charge in [0.1, 0.15) is 5.75 Å². The van der Waals surface area contributed by atoms with Crippen molar-refractivity contribution >= 4 is 15.9 Å². The molecule has 2 N–H and O–H groups in total. The number of hydrogen-bond donors (Lipinski definition) is 2. The first kappa shape index (κ1) is 13.1. The van der Waals surface area contributed by atoms with E-state index in [9.17, 15) is 5.11 Å². The molecule has 1 saturated heterocycles. The molecule has 2 heterocycles. The van der Waals surface area contributed by atoms with E-state index in [2.05, 4.69) is 28.2 Å². The zero-order chi connectivity index (χ0) is 13.5. The molecule has 1 aromatic carbocycles. The fourth-order valence-corrected chi connectivity index (χ4v) is 3.29. The zero-order valence-electron chi connectivity index (χ0n) is 11.0. The van der Waals surface area contributed by atoms with Gasteiger partial charge in [-0.05, 0) is 42.2 Å². The molecule has 0 amide bonds. The van der Waals surface area contributed by atoms with Crippen LogP contribution >= 0.6 is 15.9 Å². The van der Waals surface area contributed by atoms with Gasteiger partial charge in [-0.25, -0.2) is 0 Å². The second-order valence-electron chi connectivity index (χ2n) is 5.32. The smallest absolute Gasteiger partial charge is 0.169 e. The number of fused-ring (bicyclic) bond motifs is 1. The maximum Gasteiger partial charge on any atom is 0.169 e. The summed E-state index contributed by atoms with van der Waals surface area (Å²) in [5.41, 5.74) is 0.558. The molecule has 1 atom stereocenters. The predicted octanol–water partition coefficient (Wildman–Crippen LogP) is 2.91. The molecule has 0 aromatic heterocycles. The van der Waals surface area contributed by atoms with Gasteiger partial charge < -0.3 is 19.9 Å². The van der Waals surface area contributed by atoms with Crippen LogP contribution in [0.2, 0.25) is 0 Å². The van der Waals surface area contributed by atoms with E-state index in [4.69, 9.17) is 9.47 Å². The minimum absolute atomic E-state index is 0.251. The first-order valence-corrected chi connectivity index (χ1v) is 7.48. The molecule has 3 rings (SSSR count). The standard InChI is InChI=1S/C14H18BrNO3/c1-14(4-2-5-16-14)11-12(17)9(15)8-10-13(11)19-7-3-6-18-10/h8,16-17H,2-7H2,1H3. The fraction of sp³-hybridized carbons (Fsp3) is 0.571. The number of hydrogen-bond acceptors (Lipinski definition) is 4. The summed E-state index contributed by atoms with van der Waals surface area (Å²) < 4.78 is 12.2. The maximum absolute atomic E-state index is 10.4. The highest BCUT2D eigenvalue weighted by Crippen LogP contribution is 2.50. The van der Waals surface area contributed by atoms with Crippen LogP contribution < -0.4 is 14.8 Å². The highest BCUT2D eigenvalue weighted by atomic mass is 79.9. The van der Waals surface area contributed by atoms with Crippen LogP contribution in [0.5, 0.6) is 17.2 Å². The molecule has 0 bridgehead atoms. The average Bonchev–Trinajstić information content (AvgIpc) is 2.68. The third-order valence-corrected chi connectivity index (χ3v) is 4.49. The predicted molar refractivity (Wildman–Crippen MR) is 76.0 cm³/mol. The van der Waals surface area contributed by atoms with Crippen molar-refractivity contribution in [2.75, 3.05) is 19.8 Å². The van der Waals surface area contributed by atoms with Gasteiger partial charge in [-0.2, -0.15) is 0 Å². The van der Waals surface area contributed by atoms with E-state index < -0.39 is 0 Å². The number of halogens is 1. The first-order valence-electron chi connectivity index (χ1n) is 6.68. The van der Waals surface area contributed by atoms with E-state index in [1.54, 1.807) is 6.07 Å². The topological polar surface area (TPSA) is 50.7 Å². The van der Waals surface area contributed by atoms with Gasteiger partial charge in [0.05, 0.1) is 23.2 Å². The van der Waals surface area contributed by atoms with Gasteiger partial charge in [0.15, 0.2) is 11.5 Å². The van der Waals surface area contributed by atoms with E-state index >= 15 is 0 Å². The second kappa shape index (κ2) is 4.87. The maximum atomic E-state index is 10.4. The summed E-state index contributed by atoms with van der Waals surface area (Å²) in [5, 5.41) is 13.9. The number of rotatable bonds is 1. The fourth-order valence-electron chi connectivity index (χ4n) is 2.88. The van der Waals surface area contributed by atoms with Crippen molar-refractivity contribution < 1.29 is 14.6 Å². The molecular formula is C14H18BrNO3. The largest absolute Gasteiger partial charge is 0.506 e. The molecule has 1 fully saturated rings. The van der Waals surface area contributed by atoms with Crippen LogP contribution in [0.25, 0.3) is 0 Å². The van der Waals surface area contributed by atoms with Gasteiger partial charge in [-0.1, -0.05) is 0 Å². The molecule has 0 radical (unpaired) electrons. The van der Waals surface area contributed by atoms with E-state index in [0.717, 1.165) is 31.4 Å². The van der Waals surface area contributed by atoms with Crippen molar-refractivity contribution in [2.45, 2.75) is 31.7 Å². The lowest BCUT2D eigenvalue weighted by molar-refractivity contribution is 0.290. The molecule has 5 heteroatoms. The quantitative estimate of drug-likeness (QED) is 0.832. The van der Waals surface area contributed by atoms with Crippen molar-refractivity contribution in [3.05, 3.63) is 16.1 Å². The molecule has 2 aliphatic rings. The summed E-state index contributed by atoms with van der Waals surface area (Å²) >= 11 is 3.41. The van der Waals surface area contributed by atoms with Crippen molar-refractivity contribution in [3.63, 3.8) is 0 Å². The Morgan fingerprint density at radius 2 is 2.11 bits per heavy atom. The third-order valence-electron chi connectivity index (χ3n) is 3.88. The Morgan fingerprint density at radius 3 is 2.84 bits per heavy atom. The van der Waals surface area contributed by atoms with Gasteiger partial charge >= 0.3 is 0 Å². The SMILES string of the molecule is CC1(c2c(O)c(Br)cc3c2OCCCO3)CCCN1. The van der Waals surface area contributed by atoms with E-state index in [1.165, 1.54) is 0 Å². The molecule has 0 saturated carbocycles. The summed E-state index contributed by atoms with van der Waals surface area (Å²) in [4.78, 5) is 0. The molecule has 0 spiro atoms. The highest BCUT2D eigenvalue weighted by molar-refractivity contribution is 9.10. The lowest BCUT2D eigenvalue weighted by Gasteiger charge is -2.29. The van der Waals surface area contributed by atoms with Gasteiger partial charge in [0.2, 0.25) is 0 Å². The summed E-state index contributed by atoms with van der Waals surface area (Å²) in [5.74, 6) is 1.66. The summed E-state index contributed by atoms with van der Waals surface area (Å²) in [7, 11) is 0. The van der Waals surface area contributed by atoms with Crippen molar-refractivity contribution in [1.82, 2.24) is 5.32 Å². The normalized spacial score (nSPS) is 26.2. The van der Waals surface area contributed by atoms with Crippen LogP contribution in [0.3, 0.4) is 0 Å². The Balaban J connectivity index is 2.18. The van der Waals surface area contributed by atoms with Crippen LogP contribution in [-0.4, -0.2) is 24.9 Å².